The Hall–Kier alpha value is -2.41. The van der Waals surface area contributed by atoms with Crippen molar-refractivity contribution in [1.29, 1.82) is 0 Å². The number of hydrogen-bond acceptors (Lipinski definition) is 5. The van der Waals surface area contributed by atoms with Gasteiger partial charge in [-0.05, 0) is 25.0 Å². The molecule has 3 rings (SSSR count). The molecule has 0 unspecified atom stereocenters. The monoisotopic (exact) mass is 331 g/mol. The van der Waals surface area contributed by atoms with Gasteiger partial charge in [-0.3, -0.25) is 9.59 Å². The van der Waals surface area contributed by atoms with Crippen molar-refractivity contribution in [2.75, 3.05) is 11.9 Å². The van der Waals surface area contributed by atoms with E-state index in [1.165, 1.54) is 11.3 Å². The third-order valence-electron chi connectivity index (χ3n) is 3.56. The van der Waals surface area contributed by atoms with Gasteiger partial charge in [0, 0.05) is 23.7 Å². The van der Waals surface area contributed by atoms with E-state index in [9.17, 15) is 9.59 Å². The van der Waals surface area contributed by atoms with Crippen LogP contribution in [0.15, 0.2) is 35.7 Å². The molecule has 120 valence electrons. The second-order valence-electron chi connectivity index (χ2n) is 5.40. The number of para-hydroxylation sites is 1. The lowest BCUT2D eigenvalue weighted by atomic mass is 10.3. The SMILES string of the molecule is O=C(O)CCN(C(=O)c1csc(Nc2ccccc2)n1)C1CC1. The average molecular weight is 331 g/mol. The maximum atomic E-state index is 12.6. The van der Waals surface area contributed by atoms with Crippen molar-refractivity contribution in [2.24, 2.45) is 0 Å². The van der Waals surface area contributed by atoms with Crippen LogP contribution in [0.25, 0.3) is 0 Å². The van der Waals surface area contributed by atoms with E-state index < -0.39 is 5.97 Å². The van der Waals surface area contributed by atoms with Gasteiger partial charge in [-0.25, -0.2) is 4.98 Å². The Kier molecular flexibility index (Phi) is 4.57. The number of thiazole rings is 1. The first-order valence-electron chi connectivity index (χ1n) is 7.44. The largest absolute Gasteiger partial charge is 0.481 e. The number of nitrogens with one attached hydrogen (secondary N) is 1. The lowest BCUT2D eigenvalue weighted by Crippen LogP contribution is -2.35. The van der Waals surface area contributed by atoms with Gasteiger partial charge in [-0.15, -0.1) is 11.3 Å². The summed E-state index contributed by atoms with van der Waals surface area (Å²) in [5, 5.41) is 14.3. The number of hydrogen-bond donors (Lipinski definition) is 2. The Morgan fingerprint density at radius 1 is 1.30 bits per heavy atom. The maximum absolute atomic E-state index is 12.6. The predicted molar refractivity (Wildman–Crippen MR) is 88.2 cm³/mol. The molecule has 1 heterocycles. The molecule has 2 N–H and O–H groups in total. The average Bonchev–Trinajstić information content (AvgIpc) is 3.27. The molecular weight excluding hydrogens is 314 g/mol. The molecule has 2 aromatic rings. The number of nitrogens with zero attached hydrogens (tertiary/aromatic N) is 2. The normalized spacial score (nSPS) is 13.6. The number of anilines is 2. The third-order valence-corrected chi connectivity index (χ3v) is 4.32. The summed E-state index contributed by atoms with van der Waals surface area (Å²) in [5.41, 5.74) is 1.27. The summed E-state index contributed by atoms with van der Waals surface area (Å²) < 4.78 is 0. The molecule has 0 aliphatic heterocycles. The zero-order chi connectivity index (χ0) is 16.2. The molecule has 0 radical (unpaired) electrons. The van der Waals surface area contributed by atoms with Gasteiger partial charge in [0.1, 0.15) is 5.69 Å². The summed E-state index contributed by atoms with van der Waals surface area (Å²) in [6, 6.07) is 9.77. The molecule has 6 nitrogen and oxygen atoms in total. The minimum absolute atomic E-state index is 0.0402. The standard InChI is InChI=1S/C16H17N3O3S/c20-14(21)8-9-19(12-6-7-12)15(22)13-10-23-16(18-13)17-11-4-2-1-3-5-11/h1-5,10,12H,6-9H2,(H,17,18)(H,20,21). The maximum Gasteiger partial charge on any atom is 0.305 e. The van der Waals surface area contributed by atoms with Crippen molar-refractivity contribution in [2.45, 2.75) is 25.3 Å². The molecule has 0 spiro atoms. The van der Waals surface area contributed by atoms with Crippen LogP contribution in [0.5, 0.6) is 0 Å². The van der Waals surface area contributed by atoms with Crippen LogP contribution in [0, 0.1) is 0 Å². The van der Waals surface area contributed by atoms with Crippen LogP contribution < -0.4 is 5.32 Å². The number of amides is 1. The number of carboxylic acid groups (broad SMARTS) is 1. The second-order valence-corrected chi connectivity index (χ2v) is 6.26. The summed E-state index contributed by atoms with van der Waals surface area (Å²) >= 11 is 1.36. The van der Waals surface area contributed by atoms with Crippen LogP contribution in [-0.4, -0.2) is 39.5 Å². The lowest BCUT2D eigenvalue weighted by molar-refractivity contribution is -0.137. The van der Waals surface area contributed by atoms with E-state index in [2.05, 4.69) is 10.3 Å². The number of benzene rings is 1. The molecule has 7 heteroatoms. The molecular formula is C16H17N3O3S. The number of aliphatic carboxylic acids is 1. The molecule has 1 aromatic heterocycles. The third kappa shape index (κ3) is 4.07. The zero-order valence-corrected chi connectivity index (χ0v) is 13.3. The van der Waals surface area contributed by atoms with Crippen molar-refractivity contribution < 1.29 is 14.7 Å². The van der Waals surface area contributed by atoms with Gasteiger partial charge in [-0.2, -0.15) is 0 Å². The van der Waals surface area contributed by atoms with Crippen LogP contribution in [0.4, 0.5) is 10.8 Å². The molecule has 1 aliphatic rings. The van der Waals surface area contributed by atoms with Gasteiger partial charge < -0.3 is 15.3 Å². The fourth-order valence-electron chi connectivity index (χ4n) is 2.27. The molecule has 23 heavy (non-hydrogen) atoms. The van der Waals surface area contributed by atoms with E-state index in [0.717, 1.165) is 18.5 Å². The summed E-state index contributed by atoms with van der Waals surface area (Å²) in [7, 11) is 0. The second kappa shape index (κ2) is 6.78. The quantitative estimate of drug-likeness (QED) is 0.815. The van der Waals surface area contributed by atoms with Crippen molar-refractivity contribution in [3.63, 3.8) is 0 Å². The van der Waals surface area contributed by atoms with Crippen molar-refractivity contribution in [3.8, 4) is 0 Å². The van der Waals surface area contributed by atoms with Crippen LogP contribution in [0.1, 0.15) is 29.8 Å². The Balaban J connectivity index is 1.68. The number of carboxylic acids is 1. The topological polar surface area (TPSA) is 82.5 Å². The van der Waals surface area contributed by atoms with E-state index in [1.807, 2.05) is 30.3 Å². The van der Waals surface area contributed by atoms with Crippen molar-refractivity contribution in [1.82, 2.24) is 9.88 Å². The lowest BCUT2D eigenvalue weighted by Gasteiger charge is -2.20. The smallest absolute Gasteiger partial charge is 0.305 e. The van der Waals surface area contributed by atoms with E-state index in [0.29, 0.717) is 10.8 Å². The number of carbonyl (C=O) groups is 2. The van der Waals surface area contributed by atoms with Crippen LogP contribution in [0.3, 0.4) is 0 Å². The number of aromatic nitrogens is 1. The fraction of sp³-hybridized carbons (Fsp3) is 0.312. The molecule has 0 bridgehead atoms. The highest BCUT2D eigenvalue weighted by molar-refractivity contribution is 7.14. The predicted octanol–water partition coefficient (Wildman–Crippen LogP) is 2.97. The summed E-state index contributed by atoms with van der Waals surface area (Å²) in [6.45, 7) is 0.234. The van der Waals surface area contributed by atoms with E-state index >= 15 is 0 Å². The van der Waals surface area contributed by atoms with Gasteiger partial charge >= 0.3 is 5.97 Å². The molecule has 1 aromatic carbocycles. The first kappa shape index (κ1) is 15.5. The Labute approximate surface area is 137 Å². The van der Waals surface area contributed by atoms with Gasteiger partial charge in [0.25, 0.3) is 5.91 Å². The number of rotatable bonds is 7. The molecule has 1 amide bonds. The molecule has 0 saturated heterocycles. The molecule has 1 aliphatic carbocycles. The highest BCUT2D eigenvalue weighted by atomic mass is 32.1. The zero-order valence-electron chi connectivity index (χ0n) is 12.4. The summed E-state index contributed by atoms with van der Waals surface area (Å²) in [4.78, 5) is 29.3. The van der Waals surface area contributed by atoms with Gasteiger partial charge in [-0.1, -0.05) is 18.2 Å². The van der Waals surface area contributed by atoms with Gasteiger partial charge in [0.2, 0.25) is 0 Å². The minimum Gasteiger partial charge on any atom is -0.481 e. The first-order valence-corrected chi connectivity index (χ1v) is 8.32. The van der Waals surface area contributed by atoms with Crippen molar-refractivity contribution in [3.05, 3.63) is 41.4 Å². The minimum atomic E-state index is -0.895. The van der Waals surface area contributed by atoms with E-state index in [-0.39, 0.29) is 24.9 Å². The summed E-state index contributed by atoms with van der Waals surface area (Å²) in [6.07, 6.45) is 1.83. The molecule has 1 saturated carbocycles. The molecule has 0 atom stereocenters. The van der Waals surface area contributed by atoms with E-state index in [4.69, 9.17) is 5.11 Å². The Bertz CT molecular complexity index is 698. The fourth-order valence-corrected chi connectivity index (χ4v) is 2.98. The van der Waals surface area contributed by atoms with Gasteiger partial charge in [0.05, 0.1) is 6.42 Å². The van der Waals surface area contributed by atoms with E-state index in [1.54, 1.807) is 10.3 Å². The van der Waals surface area contributed by atoms with Crippen LogP contribution in [0.2, 0.25) is 0 Å². The van der Waals surface area contributed by atoms with Crippen molar-refractivity contribution >= 4 is 34.0 Å². The first-order chi connectivity index (χ1) is 11.1. The Morgan fingerprint density at radius 2 is 2.04 bits per heavy atom. The van der Waals surface area contributed by atoms with Crippen LogP contribution >= 0.6 is 11.3 Å². The van der Waals surface area contributed by atoms with Crippen LogP contribution in [-0.2, 0) is 4.79 Å². The summed E-state index contributed by atoms with van der Waals surface area (Å²) in [5.74, 6) is -1.08. The highest BCUT2D eigenvalue weighted by Gasteiger charge is 2.34. The molecule has 1 fully saturated rings. The number of carbonyl (C=O) groups excluding carboxylic acids is 1. The highest BCUT2D eigenvalue weighted by Crippen LogP contribution is 2.29. The van der Waals surface area contributed by atoms with Gasteiger partial charge in [0.15, 0.2) is 5.13 Å². The Morgan fingerprint density at radius 3 is 2.70 bits per heavy atom.